The third-order valence-electron chi connectivity index (χ3n) is 5.53. The van der Waals surface area contributed by atoms with Gasteiger partial charge in [0.2, 0.25) is 11.7 Å². The average Bonchev–Trinajstić information content (AvgIpc) is 3.25. The van der Waals surface area contributed by atoms with Gasteiger partial charge < -0.3 is 9.42 Å². The van der Waals surface area contributed by atoms with E-state index in [-0.39, 0.29) is 5.82 Å². The lowest BCUT2D eigenvalue weighted by molar-refractivity contribution is -0.137. The van der Waals surface area contributed by atoms with E-state index < -0.39 is 11.7 Å². The number of rotatable bonds is 6. The predicted octanol–water partition coefficient (Wildman–Crippen LogP) is 4.35. The lowest BCUT2D eigenvalue weighted by Crippen LogP contribution is -2.47. The molecule has 4 rings (SSSR count). The van der Waals surface area contributed by atoms with E-state index in [9.17, 15) is 17.6 Å². The van der Waals surface area contributed by atoms with Crippen LogP contribution in [0.1, 0.15) is 23.4 Å². The lowest BCUT2D eigenvalue weighted by atomic mass is 10.1. The summed E-state index contributed by atoms with van der Waals surface area (Å²) in [5.74, 6) is 1.13. The summed E-state index contributed by atoms with van der Waals surface area (Å²) in [6.45, 7) is 5.51. The van der Waals surface area contributed by atoms with Crippen LogP contribution in [-0.2, 0) is 12.6 Å². The monoisotopic (exact) mass is 449 g/mol. The van der Waals surface area contributed by atoms with Gasteiger partial charge in [0.15, 0.2) is 0 Å². The molecule has 0 aliphatic carbocycles. The topological polar surface area (TPSA) is 58.3 Å². The number of benzene rings is 1. The van der Waals surface area contributed by atoms with Gasteiger partial charge in [0.1, 0.15) is 11.6 Å². The molecule has 1 fully saturated rings. The van der Waals surface area contributed by atoms with E-state index in [0.717, 1.165) is 38.3 Å². The van der Waals surface area contributed by atoms with Gasteiger partial charge in [-0.2, -0.15) is 18.2 Å². The molecule has 0 atom stereocenters. The molecule has 0 saturated carbocycles. The second-order valence-corrected chi connectivity index (χ2v) is 7.81. The predicted molar refractivity (Wildman–Crippen MR) is 111 cm³/mol. The van der Waals surface area contributed by atoms with Crippen molar-refractivity contribution in [2.45, 2.75) is 25.9 Å². The maximum Gasteiger partial charge on any atom is 0.417 e. The van der Waals surface area contributed by atoms with Crippen LogP contribution in [0.4, 0.5) is 23.4 Å². The van der Waals surface area contributed by atoms with E-state index >= 15 is 0 Å². The van der Waals surface area contributed by atoms with E-state index in [1.807, 2.05) is 4.90 Å². The van der Waals surface area contributed by atoms with Crippen molar-refractivity contribution in [2.24, 2.45) is 0 Å². The molecule has 0 unspecified atom stereocenters. The minimum Gasteiger partial charge on any atom is -0.354 e. The minimum absolute atomic E-state index is 0.306. The van der Waals surface area contributed by atoms with Gasteiger partial charge in [-0.05, 0) is 43.7 Å². The van der Waals surface area contributed by atoms with Crippen LogP contribution in [0, 0.1) is 12.7 Å². The second-order valence-electron chi connectivity index (χ2n) is 7.81. The Balaban J connectivity index is 1.23. The molecule has 3 aromatic rings. The Kier molecular flexibility index (Phi) is 6.40. The number of anilines is 1. The number of piperazine rings is 1. The van der Waals surface area contributed by atoms with Crippen molar-refractivity contribution in [1.29, 1.82) is 0 Å². The van der Waals surface area contributed by atoms with Crippen molar-refractivity contribution in [3.8, 4) is 11.4 Å². The minimum atomic E-state index is -4.38. The van der Waals surface area contributed by atoms with E-state index in [4.69, 9.17) is 4.52 Å². The molecule has 1 aromatic carbocycles. The van der Waals surface area contributed by atoms with Crippen molar-refractivity contribution in [3.05, 3.63) is 59.4 Å². The van der Waals surface area contributed by atoms with Gasteiger partial charge in [-0.1, -0.05) is 17.3 Å². The summed E-state index contributed by atoms with van der Waals surface area (Å²) in [6, 6.07) is 7.33. The second kappa shape index (κ2) is 9.23. The maximum atomic E-state index is 13.7. The average molecular weight is 449 g/mol. The highest BCUT2D eigenvalue weighted by Crippen LogP contribution is 2.29. The molecule has 2 aromatic heterocycles. The van der Waals surface area contributed by atoms with Crippen LogP contribution < -0.4 is 4.90 Å². The zero-order valence-electron chi connectivity index (χ0n) is 17.6. The Morgan fingerprint density at radius 2 is 1.84 bits per heavy atom. The molecule has 6 nitrogen and oxygen atoms in total. The van der Waals surface area contributed by atoms with E-state index in [1.54, 1.807) is 19.1 Å². The van der Waals surface area contributed by atoms with Gasteiger partial charge in [-0.25, -0.2) is 9.37 Å². The molecule has 0 bridgehead atoms. The van der Waals surface area contributed by atoms with Crippen molar-refractivity contribution in [1.82, 2.24) is 20.0 Å². The van der Waals surface area contributed by atoms with E-state index in [0.29, 0.717) is 48.2 Å². The maximum absolute atomic E-state index is 13.7. The summed E-state index contributed by atoms with van der Waals surface area (Å²) in [4.78, 5) is 12.6. The number of alkyl halides is 3. The zero-order chi connectivity index (χ0) is 22.7. The molecule has 1 aliphatic rings. The van der Waals surface area contributed by atoms with Gasteiger partial charge in [-0.3, -0.25) is 4.90 Å². The number of hydrogen-bond acceptors (Lipinski definition) is 6. The van der Waals surface area contributed by atoms with Gasteiger partial charge >= 0.3 is 6.18 Å². The summed E-state index contributed by atoms with van der Waals surface area (Å²) in [5.41, 5.74) is 0.402. The number of nitrogens with zero attached hydrogens (tertiary/aromatic N) is 5. The highest BCUT2D eigenvalue weighted by atomic mass is 19.4. The highest BCUT2D eigenvalue weighted by Gasteiger charge is 2.31. The lowest BCUT2D eigenvalue weighted by Gasteiger charge is -2.35. The van der Waals surface area contributed by atoms with Crippen molar-refractivity contribution in [2.75, 3.05) is 37.6 Å². The van der Waals surface area contributed by atoms with E-state index in [1.165, 1.54) is 12.1 Å². The summed E-state index contributed by atoms with van der Waals surface area (Å²) >= 11 is 0. The van der Waals surface area contributed by atoms with Crippen LogP contribution in [0.5, 0.6) is 0 Å². The Morgan fingerprint density at radius 3 is 2.50 bits per heavy atom. The van der Waals surface area contributed by atoms with Crippen molar-refractivity contribution < 1.29 is 22.1 Å². The fraction of sp³-hybridized carbons (Fsp3) is 0.409. The first kappa shape index (κ1) is 22.2. The molecular formula is C22H23F4N5O. The van der Waals surface area contributed by atoms with Crippen molar-refractivity contribution in [3.63, 3.8) is 0 Å². The van der Waals surface area contributed by atoms with Gasteiger partial charge in [-0.15, -0.1) is 0 Å². The SMILES string of the molecule is Cc1ccc(-c2noc(CCCN3CCN(c4ccc(C(F)(F)F)cn4)CC3)n2)cc1F. The highest BCUT2D eigenvalue weighted by molar-refractivity contribution is 5.54. The Labute approximate surface area is 182 Å². The first-order chi connectivity index (χ1) is 15.3. The van der Waals surface area contributed by atoms with Crippen LogP contribution >= 0.6 is 0 Å². The fourth-order valence-electron chi connectivity index (χ4n) is 3.60. The summed E-state index contributed by atoms with van der Waals surface area (Å²) in [7, 11) is 0. The molecule has 10 heteroatoms. The molecule has 1 aliphatic heterocycles. The first-order valence-corrected chi connectivity index (χ1v) is 10.4. The summed E-state index contributed by atoms with van der Waals surface area (Å²) in [5, 5.41) is 3.94. The molecule has 0 spiro atoms. The van der Waals surface area contributed by atoms with Crippen LogP contribution in [0.15, 0.2) is 41.1 Å². The smallest absolute Gasteiger partial charge is 0.354 e. The Bertz CT molecular complexity index is 1040. The quantitative estimate of drug-likeness (QED) is 0.522. The number of aromatic nitrogens is 3. The summed E-state index contributed by atoms with van der Waals surface area (Å²) in [6.07, 6.45) is -2.06. The van der Waals surface area contributed by atoms with Gasteiger partial charge in [0.25, 0.3) is 0 Å². The largest absolute Gasteiger partial charge is 0.417 e. The third-order valence-corrected chi connectivity index (χ3v) is 5.53. The van der Waals surface area contributed by atoms with Crippen LogP contribution in [0.25, 0.3) is 11.4 Å². The molecule has 0 amide bonds. The normalized spacial score (nSPS) is 15.3. The van der Waals surface area contributed by atoms with Crippen molar-refractivity contribution >= 4 is 5.82 Å². The molecule has 3 heterocycles. The molecule has 170 valence electrons. The van der Waals surface area contributed by atoms with Gasteiger partial charge in [0.05, 0.1) is 5.56 Å². The number of aryl methyl sites for hydroxylation is 2. The Hall–Kier alpha value is -3.01. The van der Waals surface area contributed by atoms with Crippen LogP contribution in [-0.4, -0.2) is 52.7 Å². The third kappa shape index (κ3) is 5.24. The van der Waals surface area contributed by atoms with Crippen LogP contribution in [0.2, 0.25) is 0 Å². The number of hydrogen-bond donors (Lipinski definition) is 0. The fourth-order valence-corrected chi connectivity index (χ4v) is 3.60. The molecule has 1 saturated heterocycles. The number of pyridine rings is 1. The zero-order valence-corrected chi connectivity index (χ0v) is 17.6. The molecule has 32 heavy (non-hydrogen) atoms. The summed E-state index contributed by atoms with van der Waals surface area (Å²) < 4.78 is 57.1. The van der Waals surface area contributed by atoms with Gasteiger partial charge in [0, 0.05) is 44.4 Å². The first-order valence-electron chi connectivity index (χ1n) is 10.4. The number of halogens is 4. The molecule has 0 N–H and O–H groups in total. The van der Waals surface area contributed by atoms with E-state index in [2.05, 4.69) is 20.0 Å². The standard InChI is InChI=1S/C22H23F4N5O/c1-15-4-5-16(13-18(15)23)21-28-20(32-29-21)3-2-8-30-9-11-31(12-10-30)19-7-6-17(14-27-19)22(24,25)26/h4-7,13-14H,2-3,8-12H2,1H3. The molecular weight excluding hydrogens is 426 g/mol. The molecule has 0 radical (unpaired) electrons. The van der Waals surface area contributed by atoms with Crippen LogP contribution in [0.3, 0.4) is 0 Å². The Morgan fingerprint density at radius 1 is 1.06 bits per heavy atom.